The molecule has 0 radical (unpaired) electrons. The van der Waals surface area contributed by atoms with E-state index < -0.39 is 23.0 Å². The number of H-pyrrole nitrogens is 1. The molecular weight excluding hydrogens is 566 g/mol. The van der Waals surface area contributed by atoms with Crippen molar-refractivity contribution in [2.24, 2.45) is 0 Å². The van der Waals surface area contributed by atoms with Gasteiger partial charge in [-0.2, -0.15) is 0 Å². The number of esters is 1. The summed E-state index contributed by atoms with van der Waals surface area (Å²) in [5.41, 5.74) is 5.98. The summed E-state index contributed by atoms with van der Waals surface area (Å²) < 4.78 is 10.7. The molecule has 43 heavy (non-hydrogen) atoms. The number of hydrogen-bond acceptors (Lipinski definition) is 7. The number of nitro groups is 1. The first-order valence-electron chi connectivity index (χ1n) is 13.6. The Morgan fingerprint density at radius 1 is 0.953 bits per heavy atom. The molecule has 9 nitrogen and oxygen atoms in total. The molecule has 2 N–H and O–H groups in total. The van der Waals surface area contributed by atoms with E-state index >= 15 is 0 Å². The summed E-state index contributed by atoms with van der Waals surface area (Å²) in [6.07, 6.45) is -0.622. The smallest absolute Gasteiger partial charge is 0.407 e. The topological polar surface area (TPSA) is 124 Å². The van der Waals surface area contributed by atoms with Gasteiger partial charge in [0.15, 0.2) is 0 Å². The molecule has 1 aromatic heterocycles. The molecule has 10 heteroatoms. The highest BCUT2D eigenvalue weighted by Crippen LogP contribution is 2.44. The number of carbonyl (C=O) groups excluding carboxylic acids is 2. The van der Waals surface area contributed by atoms with Gasteiger partial charge < -0.3 is 19.8 Å². The number of carbonyl (C=O) groups is 2. The van der Waals surface area contributed by atoms with E-state index in [1.807, 2.05) is 60.7 Å². The van der Waals surface area contributed by atoms with Crippen molar-refractivity contribution in [1.29, 1.82) is 0 Å². The van der Waals surface area contributed by atoms with Gasteiger partial charge >= 0.3 is 12.1 Å². The second kappa shape index (κ2) is 12.0. The Bertz CT molecular complexity index is 1810. The first-order chi connectivity index (χ1) is 20.9. The highest BCUT2D eigenvalue weighted by atomic mass is 32.2. The van der Waals surface area contributed by atoms with Gasteiger partial charge in [-0.3, -0.25) is 10.1 Å². The Morgan fingerprint density at radius 2 is 1.63 bits per heavy atom. The van der Waals surface area contributed by atoms with Crippen LogP contribution in [0.1, 0.15) is 22.6 Å². The SMILES string of the molecule is COC(=O)[C@H](Cc1c(Sc2cccc([N+](=O)[O-])c2)[nH]c2ccccc12)NC(=O)OCC1c2ccccc2-c2ccccc21. The number of para-hydroxylation sites is 1. The van der Waals surface area contributed by atoms with Crippen LogP contribution in [0.25, 0.3) is 22.0 Å². The van der Waals surface area contributed by atoms with Crippen molar-refractivity contribution in [3.05, 3.63) is 124 Å². The summed E-state index contributed by atoms with van der Waals surface area (Å²) >= 11 is 1.31. The van der Waals surface area contributed by atoms with Crippen LogP contribution in [0, 0.1) is 10.1 Å². The van der Waals surface area contributed by atoms with E-state index in [-0.39, 0.29) is 24.6 Å². The number of nitro benzene ring substituents is 1. The molecule has 0 spiro atoms. The molecule has 216 valence electrons. The Hall–Kier alpha value is -5.09. The zero-order valence-electron chi connectivity index (χ0n) is 23.1. The molecule has 1 atom stereocenters. The van der Waals surface area contributed by atoms with Gasteiger partial charge in [0, 0.05) is 40.3 Å². The number of nitrogens with zero attached hydrogens (tertiary/aromatic N) is 1. The number of non-ortho nitro benzene ring substituents is 1. The molecule has 1 aliphatic rings. The Labute approximate surface area is 251 Å². The van der Waals surface area contributed by atoms with E-state index in [1.54, 1.807) is 12.1 Å². The Morgan fingerprint density at radius 3 is 2.33 bits per heavy atom. The van der Waals surface area contributed by atoms with Crippen LogP contribution in [0.5, 0.6) is 0 Å². The van der Waals surface area contributed by atoms with Crippen LogP contribution in [-0.4, -0.2) is 41.7 Å². The zero-order valence-corrected chi connectivity index (χ0v) is 23.9. The fourth-order valence-corrected chi connectivity index (χ4v) is 6.60. The van der Waals surface area contributed by atoms with Crippen molar-refractivity contribution in [2.45, 2.75) is 28.3 Å². The zero-order chi connectivity index (χ0) is 29.9. The van der Waals surface area contributed by atoms with Crippen LogP contribution >= 0.6 is 11.8 Å². The molecular formula is C33H27N3O6S. The Balaban J connectivity index is 1.22. The van der Waals surface area contributed by atoms with Gasteiger partial charge in [-0.1, -0.05) is 84.6 Å². The molecule has 0 saturated heterocycles. The summed E-state index contributed by atoms with van der Waals surface area (Å²) in [7, 11) is 1.27. The van der Waals surface area contributed by atoms with Crippen molar-refractivity contribution >= 4 is 40.4 Å². The van der Waals surface area contributed by atoms with E-state index in [0.29, 0.717) is 9.92 Å². The van der Waals surface area contributed by atoms with Crippen molar-refractivity contribution < 1.29 is 24.0 Å². The molecule has 4 aromatic carbocycles. The lowest BCUT2D eigenvalue weighted by atomic mass is 9.98. The minimum Gasteiger partial charge on any atom is -0.467 e. The largest absolute Gasteiger partial charge is 0.467 e. The number of aromatic nitrogens is 1. The van der Waals surface area contributed by atoms with Gasteiger partial charge in [0.2, 0.25) is 0 Å². The first-order valence-corrected chi connectivity index (χ1v) is 14.5. The van der Waals surface area contributed by atoms with Gasteiger partial charge in [0.05, 0.1) is 17.1 Å². The highest BCUT2D eigenvalue weighted by molar-refractivity contribution is 7.99. The van der Waals surface area contributed by atoms with Crippen LogP contribution < -0.4 is 5.32 Å². The number of hydrogen-bond donors (Lipinski definition) is 2. The minimum absolute atomic E-state index is 0.0213. The maximum atomic E-state index is 13.1. The average molecular weight is 594 g/mol. The third-order valence-electron chi connectivity index (χ3n) is 7.55. The summed E-state index contributed by atoms with van der Waals surface area (Å²) in [4.78, 5) is 40.9. The third kappa shape index (κ3) is 5.69. The monoisotopic (exact) mass is 593 g/mol. The highest BCUT2D eigenvalue weighted by Gasteiger charge is 2.31. The van der Waals surface area contributed by atoms with E-state index in [4.69, 9.17) is 9.47 Å². The Kier molecular flexibility index (Phi) is 7.84. The van der Waals surface area contributed by atoms with Crippen LogP contribution in [0.15, 0.2) is 107 Å². The molecule has 0 bridgehead atoms. The van der Waals surface area contributed by atoms with E-state index in [2.05, 4.69) is 22.4 Å². The van der Waals surface area contributed by atoms with Crippen LogP contribution in [-0.2, 0) is 20.7 Å². The number of nitrogens with one attached hydrogen (secondary N) is 2. The van der Waals surface area contributed by atoms with Crippen LogP contribution in [0.2, 0.25) is 0 Å². The van der Waals surface area contributed by atoms with Crippen molar-refractivity contribution in [3.63, 3.8) is 0 Å². The lowest BCUT2D eigenvalue weighted by molar-refractivity contribution is -0.385. The number of rotatable bonds is 9. The van der Waals surface area contributed by atoms with Gasteiger partial charge in [0.25, 0.3) is 5.69 Å². The maximum Gasteiger partial charge on any atom is 0.407 e. The maximum absolute atomic E-state index is 13.1. The fraction of sp³-hybridized carbons (Fsp3) is 0.152. The second-order valence-electron chi connectivity index (χ2n) is 10.1. The minimum atomic E-state index is -1.04. The fourth-order valence-electron chi connectivity index (χ4n) is 5.57. The molecule has 0 unspecified atom stereocenters. The first kappa shape index (κ1) is 28.0. The predicted molar refractivity (Wildman–Crippen MR) is 163 cm³/mol. The molecule has 1 heterocycles. The molecule has 0 fully saturated rings. The quantitative estimate of drug-likeness (QED) is 0.109. The molecule has 5 aromatic rings. The molecule has 1 amide bonds. The van der Waals surface area contributed by atoms with E-state index in [0.717, 1.165) is 38.7 Å². The predicted octanol–water partition coefficient (Wildman–Crippen LogP) is 6.85. The number of ether oxygens (including phenoxy) is 2. The molecule has 0 aliphatic heterocycles. The van der Waals surface area contributed by atoms with Gasteiger partial charge in [-0.25, -0.2) is 9.59 Å². The average Bonchev–Trinajstić information content (AvgIpc) is 3.54. The molecule has 1 aliphatic carbocycles. The number of aromatic amines is 1. The van der Waals surface area contributed by atoms with Crippen molar-refractivity contribution in [2.75, 3.05) is 13.7 Å². The number of benzene rings is 4. The van der Waals surface area contributed by atoms with Gasteiger partial charge in [-0.15, -0.1) is 0 Å². The van der Waals surface area contributed by atoms with Crippen molar-refractivity contribution in [3.8, 4) is 11.1 Å². The second-order valence-corrected chi connectivity index (χ2v) is 11.2. The summed E-state index contributed by atoms with van der Waals surface area (Å²) in [5, 5.41) is 15.6. The standard InChI is InChI=1S/C33H27N3O6S/c1-41-32(37)30(35-33(38)42-19-28-24-13-4-2-11-22(24)23-12-3-5-14-25(23)28)18-27-26-15-6-7-16-29(26)34-31(27)43-21-10-8-9-20(17-21)36(39)40/h2-17,28,30,34H,18-19H2,1H3,(H,35,38)/t30-/m0/s1. The number of amides is 1. The van der Waals surface area contributed by atoms with Crippen LogP contribution in [0.3, 0.4) is 0 Å². The van der Waals surface area contributed by atoms with E-state index in [9.17, 15) is 19.7 Å². The number of fused-ring (bicyclic) bond motifs is 4. The molecule has 6 rings (SSSR count). The number of methoxy groups -OCH3 is 1. The molecule has 0 saturated carbocycles. The van der Waals surface area contributed by atoms with Gasteiger partial charge in [0.1, 0.15) is 12.6 Å². The normalized spacial score (nSPS) is 12.8. The lowest BCUT2D eigenvalue weighted by Gasteiger charge is -2.19. The third-order valence-corrected chi connectivity index (χ3v) is 8.59. The summed E-state index contributed by atoms with van der Waals surface area (Å²) in [5.74, 6) is -0.744. The number of alkyl carbamates (subject to hydrolysis) is 1. The van der Waals surface area contributed by atoms with Crippen LogP contribution in [0.4, 0.5) is 10.5 Å². The summed E-state index contributed by atoms with van der Waals surface area (Å²) in [6, 6.07) is 29.0. The van der Waals surface area contributed by atoms with E-state index in [1.165, 1.54) is 31.0 Å². The van der Waals surface area contributed by atoms with Gasteiger partial charge in [-0.05, 0) is 39.9 Å². The van der Waals surface area contributed by atoms with Crippen molar-refractivity contribution in [1.82, 2.24) is 10.3 Å². The summed E-state index contributed by atoms with van der Waals surface area (Å²) in [6.45, 7) is 0.106. The lowest BCUT2D eigenvalue weighted by Crippen LogP contribution is -2.43.